The molecular weight excluding hydrogens is 272 g/mol. The minimum Gasteiger partial charge on any atom is -0.341 e. The van der Waals surface area contributed by atoms with Crippen LogP contribution in [0.4, 0.5) is 5.95 Å². The molecule has 0 N–H and O–H groups in total. The lowest BCUT2D eigenvalue weighted by Crippen LogP contribution is -2.34. The van der Waals surface area contributed by atoms with E-state index in [2.05, 4.69) is 46.0 Å². The number of anilines is 1. The molecule has 0 bridgehead atoms. The molecule has 2 aliphatic rings. The third kappa shape index (κ3) is 3.78. The normalized spacial score (nSPS) is 22.2. The third-order valence-corrected chi connectivity index (χ3v) is 5.32. The van der Waals surface area contributed by atoms with E-state index >= 15 is 0 Å². The maximum absolute atomic E-state index is 4.66. The van der Waals surface area contributed by atoms with Gasteiger partial charge in [0.1, 0.15) is 0 Å². The standard InChI is InChI=1S/C18H30N4/c1-3-8-21-9-6-16(7-10-21)17-13-19-18(20-14-17)22-11-4-15(2)5-12-22/h13-16H,3-12H2,1-2H3. The van der Waals surface area contributed by atoms with Crippen molar-refractivity contribution in [3.63, 3.8) is 0 Å². The average Bonchev–Trinajstić information content (AvgIpc) is 2.57. The number of nitrogens with zero attached hydrogens (tertiary/aromatic N) is 4. The second-order valence-electron chi connectivity index (χ2n) is 7.10. The van der Waals surface area contributed by atoms with Crippen LogP contribution >= 0.6 is 0 Å². The van der Waals surface area contributed by atoms with Crippen LogP contribution in [0.5, 0.6) is 0 Å². The van der Waals surface area contributed by atoms with Crippen molar-refractivity contribution in [1.29, 1.82) is 0 Å². The first-order chi connectivity index (χ1) is 10.8. The number of hydrogen-bond donors (Lipinski definition) is 0. The molecule has 122 valence electrons. The summed E-state index contributed by atoms with van der Waals surface area (Å²) in [7, 11) is 0. The molecule has 2 saturated heterocycles. The zero-order chi connectivity index (χ0) is 15.4. The molecule has 3 heterocycles. The van der Waals surface area contributed by atoms with Gasteiger partial charge in [0.15, 0.2) is 0 Å². The Morgan fingerprint density at radius 3 is 2.23 bits per heavy atom. The van der Waals surface area contributed by atoms with E-state index in [0.717, 1.165) is 25.0 Å². The van der Waals surface area contributed by atoms with Crippen molar-refractivity contribution in [2.45, 2.75) is 51.9 Å². The second-order valence-corrected chi connectivity index (χ2v) is 7.10. The maximum Gasteiger partial charge on any atom is 0.225 e. The van der Waals surface area contributed by atoms with Crippen LogP contribution in [0.15, 0.2) is 12.4 Å². The van der Waals surface area contributed by atoms with Gasteiger partial charge in [0.2, 0.25) is 5.95 Å². The van der Waals surface area contributed by atoms with Gasteiger partial charge in [-0.15, -0.1) is 0 Å². The highest BCUT2D eigenvalue weighted by Gasteiger charge is 2.22. The van der Waals surface area contributed by atoms with Crippen molar-refractivity contribution in [1.82, 2.24) is 14.9 Å². The number of aromatic nitrogens is 2. The Balaban J connectivity index is 1.56. The minimum absolute atomic E-state index is 0.656. The molecule has 4 nitrogen and oxygen atoms in total. The lowest BCUT2D eigenvalue weighted by molar-refractivity contribution is 0.212. The van der Waals surface area contributed by atoms with E-state index in [4.69, 9.17) is 0 Å². The molecule has 0 atom stereocenters. The zero-order valence-corrected chi connectivity index (χ0v) is 14.2. The van der Waals surface area contributed by atoms with E-state index in [9.17, 15) is 0 Å². The molecule has 3 rings (SSSR count). The largest absolute Gasteiger partial charge is 0.341 e. The van der Waals surface area contributed by atoms with Gasteiger partial charge < -0.3 is 9.80 Å². The monoisotopic (exact) mass is 302 g/mol. The highest BCUT2D eigenvalue weighted by atomic mass is 15.2. The summed E-state index contributed by atoms with van der Waals surface area (Å²) in [5.41, 5.74) is 1.34. The molecule has 0 amide bonds. The first-order valence-electron chi connectivity index (χ1n) is 9.05. The first kappa shape index (κ1) is 15.7. The molecule has 0 radical (unpaired) electrons. The molecule has 1 aromatic rings. The predicted molar refractivity (Wildman–Crippen MR) is 91.3 cm³/mol. The fourth-order valence-electron chi connectivity index (χ4n) is 3.72. The summed E-state index contributed by atoms with van der Waals surface area (Å²) in [5.74, 6) is 2.44. The van der Waals surface area contributed by atoms with Crippen LogP contribution in [0.3, 0.4) is 0 Å². The van der Waals surface area contributed by atoms with Gasteiger partial charge in [-0.25, -0.2) is 9.97 Å². The molecule has 0 spiro atoms. The van der Waals surface area contributed by atoms with Crippen LogP contribution in [0.2, 0.25) is 0 Å². The first-order valence-corrected chi connectivity index (χ1v) is 9.05. The molecule has 0 aromatic carbocycles. The van der Waals surface area contributed by atoms with Gasteiger partial charge in [0, 0.05) is 25.5 Å². The summed E-state index contributed by atoms with van der Waals surface area (Å²) in [6.07, 6.45) is 10.5. The van der Waals surface area contributed by atoms with Crippen LogP contribution in [0.1, 0.15) is 57.4 Å². The quantitative estimate of drug-likeness (QED) is 0.854. The van der Waals surface area contributed by atoms with E-state index in [1.165, 1.54) is 57.3 Å². The lowest BCUT2D eigenvalue weighted by Gasteiger charge is -2.32. The Kier molecular flexibility index (Phi) is 5.29. The van der Waals surface area contributed by atoms with Gasteiger partial charge in [-0.3, -0.25) is 0 Å². The smallest absolute Gasteiger partial charge is 0.225 e. The van der Waals surface area contributed by atoms with E-state index < -0.39 is 0 Å². The Labute approximate surface area is 134 Å². The van der Waals surface area contributed by atoms with Gasteiger partial charge in [-0.05, 0) is 69.1 Å². The van der Waals surface area contributed by atoms with Crippen molar-refractivity contribution in [2.24, 2.45) is 5.92 Å². The summed E-state index contributed by atoms with van der Waals surface area (Å²) in [5, 5.41) is 0. The number of likely N-dealkylation sites (tertiary alicyclic amines) is 1. The second kappa shape index (κ2) is 7.40. The molecule has 0 saturated carbocycles. The summed E-state index contributed by atoms with van der Waals surface area (Å²) >= 11 is 0. The highest BCUT2D eigenvalue weighted by Crippen LogP contribution is 2.28. The summed E-state index contributed by atoms with van der Waals surface area (Å²) < 4.78 is 0. The molecule has 4 heteroatoms. The third-order valence-electron chi connectivity index (χ3n) is 5.32. The molecule has 2 aliphatic heterocycles. The van der Waals surface area contributed by atoms with Crippen molar-refractivity contribution in [2.75, 3.05) is 37.6 Å². The molecule has 1 aromatic heterocycles. The van der Waals surface area contributed by atoms with Crippen molar-refractivity contribution in [3.05, 3.63) is 18.0 Å². The Bertz CT molecular complexity index is 443. The van der Waals surface area contributed by atoms with E-state index in [1.807, 2.05) is 0 Å². The summed E-state index contributed by atoms with van der Waals surface area (Å²) in [4.78, 5) is 14.2. The fourth-order valence-corrected chi connectivity index (χ4v) is 3.72. The van der Waals surface area contributed by atoms with Crippen molar-refractivity contribution >= 4 is 5.95 Å². The SMILES string of the molecule is CCCN1CCC(c2cnc(N3CCC(C)CC3)nc2)CC1. The fraction of sp³-hybridized carbons (Fsp3) is 0.778. The van der Waals surface area contributed by atoms with Gasteiger partial charge in [-0.2, -0.15) is 0 Å². The Morgan fingerprint density at radius 2 is 1.64 bits per heavy atom. The summed E-state index contributed by atoms with van der Waals surface area (Å²) in [6, 6.07) is 0. The summed E-state index contributed by atoms with van der Waals surface area (Å²) in [6.45, 7) is 10.5. The maximum atomic E-state index is 4.66. The lowest BCUT2D eigenvalue weighted by atomic mass is 9.91. The van der Waals surface area contributed by atoms with E-state index in [0.29, 0.717) is 5.92 Å². The van der Waals surface area contributed by atoms with Crippen LogP contribution in [-0.2, 0) is 0 Å². The number of hydrogen-bond acceptors (Lipinski definition) is 4. The van der Waals surface area contributed by atoms with Gasteiger partial charge in [0.05, 0.1) is 0 Å². The zero-order valence-electron chi connectivity index (χ0n) is 14.2. The van der Waals surface area contributed by atoms with Gasteiger partial charge in [0.25, 0.3) is 0 Å². The number of rotatable bonds is 4. The topological polar surface area (TPSA) is 32.3 Å². The number of piperidine rings is 2. The highest BCUT2D eigenvalue weighted by molar-refractivity contribution is 5.31. The minimum atomic E-state index is 0.656. The van der Waals surface area contributed by atoms with E-state index in [1.54, 1.807) is 0 Å². The van der Waals surface area contributed by atoms with Crippen LogP contribution in [0, 0.1) is 5.92 Å². The molecule has 2 fully saturated rings. The van der Waals surface area contributed by atoms with Crippen molar-refractivity contribution < 1.29 is 0 Å². The molecule has 0 unspecified atom stereocenters. The Morgan fingerprint density at radius 1 is 1.00 bits per heavy atom. The van der Waals surface area contributed by atoms with Crippen LogP contribution in [-0.4, -0.2) is 47.6 Å². The van der Waals surface area contributed by atoms with Gasteiger partial charge in [-0.1, -0.05) is 13.8 Å². The Hall–Kier alpha value is -1.16. The van der Waals surface area contributed by atoms with Crippen LogP contribution < -0.4 is 4.90 Å². The van der Waals surface area contributed by atoms with E-state index in [-0.39, 0.29) is 0 Å². The van der Waals surface area contributed by atoms with Crippen LogP contribution in [0.25, 0.3) is 0 Å². The average molecular weight is 302 g/mol. The van der Waals surface area contributed by atoms with Gasteiger partial charge >= 0.3 is 0 Å². The molecule has 0 aliphatic carbocycles. The predicted octanol–water partition coefficient (Wildman–Crippen LogP) is 3.30. The molecule has 22 heavy (non-hydrogen) atoms. The van der Waals surface area contributed by atoms with Crippen molar-refractivity contribution in [3.8, 4) is 0 Å². The molecular formula is C18H30N4.